The van der Waals surface area contributed by atoms with Crippen LogP contribution in [-0.4, -0.2) is 17.5 Å². The van der Waals surface area contributed by atoms with Crippen LogP contribution in [0.15, 0.2) is 82.5 Å². The smallest absolute Gasteiger partial charge is 0.172 e. The summed E-state index contributed by atoms with van der Waals surface area (Å²) in [6, 6.07) is 21.5. The Morgan fingerprint density at radius 2 is 1.73 bits per heavy atom. The van der Waals surface area contributed by atoms with E-state index in [9.17, 15) is 9.90 Å². The highest BCUT2D eigenvalue weighted by molar-refractivity contribution is 9.10. The number of carbonyl (C=O) groups excluding carboxylic acids is 1. The molecule has 0 spiro atoms. The van der Waals surface area contributed by atoms with Gasteiger partial charge in [0.1, 0.15) is 0 Å². The van der Waals surface area contributed by atoms with Gasteiger partial charge in [0.05, 0.1) is 28.5 Å². The molecule has 3 N–H and O–H groups in total. The first kappa shape index (κ1) is 21.6. The Morgan fingerprint density at radius 1 is 1.00 bits per heavy atom. The summed E-state index contributed by atoms with van der Waals surface area (Å²) >= 11 is 3.45. The summed E-state index contributed by atoms with van der Waals surface area (Å²) < 4.78 is 6.19. The lowest BCUT2D eigenvalue weighted by Crippen LogP contribution is -2.27. The van der Waals surface area contributed by atoms with Crippen LogP contribution in [-0.2, 0) is 4.79 Å². The van der Waals surface area contributed by atoms with Crippen LogP contribution >= 0.6 is 15.9 Å². The Kier molecular flexibility index (Phi) is 5.85. The number of ketones is 1. The lowest BCUT2D eigenvalue weighted by atomic mass is 9.78. The van der Waals surface area contributed by atoms with Gasteiger partial charge in [0.15, 0.2) is 17.3 Å². The average molecular weight is 505 g/mol. The molecule has 1 aliphatic carbocycles. The molecule has 3 aromatic carbocycles. The Labute approximate surface area is 201 Å². The van der Waals surface area contributed by atoms with E-state index >= 15 is 0 Å². The molecule has 0 amide bonds. The van der Waals surface area contributed by atoms with Crippen molar-refractivity contribution in [3.05, 3.63) is 93.6 Å². The molecule has 3 aromatic rings. The van der Waals surface area contributed by atoms with E-state index in [4.69, 9.17) is 4.74 Å². The van der Waals surface area contributed by atoms with Gasteiger partial charge in [-0.25, -0.2) is 0 Å². The van der Waals surface area contributed by atoms with E-state index in [-0.39, 0.29) is 23.5 Å². The number of anilines is 2. The van der Waals surface area contributed by atoms with Crippen LogP contribution < -0.4 is 15.4 Å². The van der Waals surface area contributed by atoms with Crippen molar-refractivity contribution in [3.8, 4) is 11.5 Å². The van der Waals surface area contributed by atoms with Gasteiger partial charge >= 0.3 is 0 Å². The lowest BCUT2D eigenvalue weighted by Gasteiger charge is -2.30. The molecular formula is C27H25BrN2O3. The zero-order valence-corrected chi connectivity index (χ0v) is 19.9. The van der Waals surface area contributed by atoms with E-state index in [1.165, 1.54) is 5.56 Å². The summed E-state index contributed by atoms with van der Waals surface area (Å²) in [5.41, 5.74) is 5.55. The van der Waals surface area contributed by atoms with E-state index < -0.39 is 0 Å². The first-order valence-electron chi connectivity index (χ1n) is 11.1. The first-order chi connectivity index (χ1) is 16.0. The molecule has 0 radical (unpaired) electrons. The zero-order chi connectivity index (χ0) is 22.9. The third kappa shape index (κ3) is 4.11. The Morgan fingerprint density at radius 3 is 2.48 bits per heavy atom. The number of hydrogen-bond donors (Lipinski definition) is 3. The molecule has 2 aliphatic rings. The van der Waals surface area contributed by atoms with Crippen molar-refractivity contribution in [2.75, 3.05) is 17.2 Å². The number of hydrogen-bond acceptors (Lipinski definition) is 5. The molecule has 33 heavy (non-hydrogen) atoms. The van der Waals surface area contributed by atoms with Crippen LogP contribution in [0.5, 0.6) is 11.5 Å². The monoisotopic (exact) mass is 504 g/mol. The molecule has 0 unspecified atom stereocenters. The summed E-state index contributed by atoms with van der Waals surface area (Å²) in [6.07, 6.45) is 1.20. The molecule has 1 aliphatic heterocycles. The van der Waals surface area contributed by atoms with Crippen LogP contribution in [0.1, 0.15) is 42.9 Å². The summed E-state index contributed by atoms with van der Waals surface area (Å²) in [5, 5.41) is 17.6. The molecular weight excluding hydrogens is 480 g/mol. The van der Waals surface area contributed by atoms with Crippen LogP contribution in [0.2, 0.25) is 0 Å². The highest BCUT2D eigenvalue weighted by Gasteiger charge is 2.36. The fourth-order valence-corrected chi connectivity index (χ4v) is 5.19. The molecule has 5 rings (SSSR count). The zero-order valence-electron chi connectivity index (χ0n) is 18.3. The number of phenolic OH excluding ortho intramolecular Hbond substituents is 1. The van der Waals surface area contributed by atoms with Crippen molar-refractivity contribution in [1.82, 2.24) is 0 Å². The van der Waals surface area contributed by atoms with Crippen molar-refractivity contribution < 1.29 is 14.6 Å². The maximum atomic E-state index is 13.6. The molecule has 0 bridgehead atoms. The van der Waals surface area contributed by atoms with Crippen molar-refractivity contribution in [1.29, 1.82) is 0 Å². The number of halogens is 1. The Balaban J connectivity index is 1.64. The Hall–Kier alpha value is -3.25. The van der Waals surface area contributed by atoms with Crippen molar-refractivity contribution in [3.63, 3.8) is 0 Å². The standard InChI is InChI=1S/C27H25BrN2O3/c1-2-33-24-15-18(12-19(28)27(24)32)26-25-22(29-20-10-6-7-11-21(20)30-26)13-17(14-23(25)31)16-8-4-3-5-9-16/h3-12,15,17,26,29-30,32H,2,13-14H2,1H3/t17-,26+/m0/s1. The minimum Gasteiger partial charge on any atom is -0.503 e. The number of ether oxygens (including phenoxy) is 1. The van der Waals surface area contributed by atoms with Crippen LogP contribution in [0, 0.1) is 0 Å². The van der Waals surface area contributed by atoms with Gasteiger partial charge in [0, 0.05) is 17.7 Å². The highest BCUT2D eigenvalue weighted by Crippen LogP contribution is 2.46. The van der Waals surface area contributed by atoms with Gasteiger partial charge in [-0.3, -0.25) is 4.79 Å². The molecule has 0 aromatic heterocycles. The van der Waals surface area contributed by atoms with Gasteiger partial charge in [0.25, 0.3) is 0 Å². The third-order valence-electron chi connectivity index (χ3n) is 6.26. The number of Topliss-reactive ketones (excluding diaryl/α,β-unsaturated/α-hetero) is 1. The van der Waals surface area contributed by atoms with Gasteiger partial charge in [-0.1, -0.05) is 42.5 Å². The number of para-hydroxylation sites is 2. The summed E-state index contributed by atoms with van der Waals surface area (Å²) in [7, 11) is 0. The van der Waals surface area contributed by atoms with Crippen LogP contribution in [0.3, 0.4) is 0 Å². The second kappa shape index (κ2) is 8.94. The molecule has 5 nitrogen and oxygen atoms in total. The molecule has 168 valence electrons. The summed E-state index contributed by atoms with van der Waals surface area (Å²) in [4.78, 5) is 13.6. The predicted molar refractivity (Wildman–Crippen MR) is 134 cm³/mol. The van der Waals surface area contributed by atoms with Crippen molar-refractivity contribution >= 4 is 33.1 Å². The van der Waals surface area contributed by atoms with E-state index in [0.29, 0.717) is 23.2 Å². The topological polar surface area (TPSA) is 70.6 Å². The average Bonchev–Trinajstić information content (AvgIpc) is 2.99. The second-order valence-corrected chi connectivity index (χ2v) is 9.22. The largest absolute Gasteiger partial charge is 0.503 e. The fraction of sp³-hybridized carbons (Fsp3) is 0.222. The van der Waals surface area contributed by atoms with Gasteiger partial charge in [-0.05, 0) is 70.6 Å². The van der Waals surface area contributed by atoms with E-state index in [1.54, 1.807) is 0 Å². The Bertz CT molecular complexity index is 1240. The highest BCUT2D eigenvalue weighted by atomic mass is 79.9. The molecule has 0 saturated heterocycles. The summed E-state index contributed by atoms with van der Waals surface area (Å²) in [5.74, 6) is 0.689. The van der Waals surface area contributed by atoms with Crippen LogP contribution in [0.25, 0.3) is 0 Å². The first-order valence-corrected chi connectivity index (χ1v) is 11.9. The quantitative estimate of drug-likeness (QED) is 0.376. The number of aromatic hydroxyl groups is 1. The fourth-order valence-electron chi connectivity index (χ4n) is 4.73. The number of nitrogens with one attached hydrogen (secondary N) is 2. The predicted octanol–water partition coefficient (Wildman–Crippen LogP) is 6.53. The molecule has 2 atom stereocenters. The van der Waals surface area contributed by atoms with Gasteiger partial charge in [0.2, 0.25) is 0 Å². The number of carbonyl (C=O) groups is 1. The lowest BCUT2D eigenvalue weighted by molar-refractivity contribution is -0.116. The van der Waals surface area contributed by atoms with E-state index in [1.807, 2.05) is 61.5 Å². The summed E-state index contributed by atoms with van der Waals surface area (Å²) in [6.45, 7) is 2.30. The molecule has 6 heteroatoms. The second-order valence-electron chi connectivity index (χ2n) is 8.36. The van der Waals surface area contributed by atoms with Crippen molar-refractivity contribution in [2.24, 2.45) is 0 Å². The third-order valence-corrected chi connectivity index (χ3v) is 6.87. The molecule has 1 heterocycles. The van der Waals surface area contributed by atoms with Gasteiger partial charge < -0.3 is 20.5 Å². The number of allylic oxidation sites excluding steroid dienone is 1. The number of phenols is 1. The van der Waals surface area contributed by atoms with Gasteiger partial charge in [-0.15, -0.1) is 0 Å². The minimum absolute atomic E-state index is 0.0565. The van der Waals surface area contributed by atoms with Crippen molar-refractivity contribution in [2.45, 2.75) is 31.7 Å². The number of fused-ring (bicyclic) bond motifs is 1. The SMILES string of the molecule is CCOc1cc([C@H]2Nc3ccccc3NC3=C2C(=O)C[C@@H](c2ccccc2)C3)cc(Br)c1O. The van der Waals surface area contributed by atoms with Gasteiger partial charge in [-0.2, -0.15) is 0 Å². The number of benzene rings is 3. The number of rotatable bonds is 4. The maximum absolute atomic E-state index is 13.6. The maximum Gasteiger partial charge on any atom is 0.172 e. The van der Waals surface area contributed by atoms with E-state index in [2.05, 4.69) is 38.7 Å². The van der Waals surface area contributed by atoms with Crippen LogP contribution in [0.4, 0.5) is 11.4 Å². The minimum atomic E-state index is -0.378. The molecule has 0 fully saturated rings. The normalized spacial score (nSPS) is 19.6. The van der Waals surface area contributed by atoms with E-state index in [0.717, 1.165) is 34.6 Å². The molecule has 0 saturated carbocycles.